The Hall–Kier alpha value is -2.96. The number of rotatable bonds is 6. The van der Waals surface area contributed by atoms with Crippen molar-refractivity contribution in [3.63, 3.8) is 0 Å². The molecule has 3 aromatic rings. The fraction of sp³-hybridized carbons (Fsp3) is 0.300. The number of halogens is 2. The average molecular weight is 373 g/mol. The summed E-state index contributed by atoms with van der Waals surface area (Å²) in [5, 5.41) is 2.83. The second-order valence-electron chi connectivity index (χ2n) is 6.35. The Bertz CT molecular complexity index is 960. The Morgan fingerprint density at radius 3 is 2.56 bits per heavy atom. The molecule has 0 aliphatic rings. The molecule has 7 heteroatoms. The summed E-state index contributed by atoms with van der Waals surface area (Å²) in [5.41, 5.74) is 2.69. The van der Waals surface area contributed by atoms with Crippen LogP contribution in [0.2, 0.25) is 0 Å². The van der Waals surface area contributed by atoms with Crippen LogP contribution in [0.25, 0.3) is 11.0 Å². The van der Waals surface area contributed by atoms with Crippen molar-refractivity contribution in [3.05, 3.63) is 59.4 Å². The highest BCUT2D eigenvalue weighted by Gasteiger charge is 2.24. The van der Waals surface area contributed by atoms with E-state index in [1.54, 1.807) is 6.33 Å². The summed E-state index contributed by atoms with van der Waals surface area (Å²) in [4.78, 5) is 16.8. The lowest BCUT2D eigenvalue weighted by Crippen LogP contribution is -2.23. The van der Waals surface area contributed by atoms with Crippen LogP contribution in [0.5, 0.6) is 5.75 Å². The van der Waals surface area contributed by atoms with E-state index in [2.05, 4.69) is 10.3 Å². The molecule has 0 radical (unpaired) electrons. The molecule has 0 atom stereocenters. The summed E-state index contributed by atoms with van der Waals surface area (Å²) < 4.78 is 34.2. The van der Waals surface area contributed by atoms with Gasteiger partial charge in [0.25, 0.3) is 11.8 Å². The third-order valence-electron chi connectivity index (χ3n) is 4.32. The normalized spacial score (nSPS) is 11.6. The molecule has 2 aromatic carbocycles. The first-order valence-corrected chi connectivity index (χ1v) is 8.63. The first-order chi connectivity index (χ1) is 12.8. The zero-order valence-electron chi connectivity index (χ0n) is 15.4. The molecule has 0 unspecified atom stereocenters. The van der Waals surface area contributed by atoms with Crippen LogP contribution in [-0.2, 0) is 19.5 Å². The first-order valence-electron chi connectivity index (χ1n) is 8.63. The van der Waals surface area contributed by atoms with Gasteiger partial charge < -0.3 is 14.6 Å². The Morgan fingerprint density at radius 2 is 1.93 bits per heavy atom. The van der Waals surface area contributed by atoms with E-state index in [1.807, 2.05) is 30.7 Å². The molecule has 1 N–H and O–H groups in total. The van der Waals surface area contributed by atoms with Gasteiger partial charge in [0.1, 0.15) is 5.75 Å². The van der Waals surface area contributed by atoms with Crippen LogP contribution < -0.4 is 10.1 Å². The molecule has 0 aliphatic heterocycles. The Balaban J connectivity index is 1.82. The van der Waals surface area contributed by atoms with Gasteiger partial charge >= 0.3 is 0 Å². The number of aromatic nitrogens is 2. The summed E-state index contributed by atoms with van der Waals surface area (Å²) >= 11 is 0. The van der Waals surface area contributed by atoms with Crippen LogP contribution in [0.1, 0.15) is 35.3 Å². The van der Waals surface area contributed by atoms with Gasteiger partial charge in [-0.15, -0.1) is 0 Å². The molecule has 3 rings (SSSR count). The number of fused-ring (bicyclic) bond motifs is 1. The Labute approximate surface area is 156 Å². The minimum Gasteiger partial charge on any atom is -0.493 e. The first kappa shape index (κ1) is 18.8. The number of ether oxygens (including phenoxy) is 1. The summed E-state index contributed by atoms with van der Waals surface area (Å²) in [6, 6.07) is 9.03. The van der Waals surface area contributed by atoms with Gasteiger partial charge in [0, 0.05) is 37.2 Å². The van der Waals surface area contributed by atoms with Gasteiger partial charge in [-0.2, -0.15) is 0 Å². The van der Waals surface area contributed by atoms with Crippen molar-refractivity contribution in [1.82, 2.24) is 14.9 Å². The van der Waals surface area contributed by atoms with Crippen LogP contribution in [0, 0.1) is 0 Å². The van der Waals surface area contributed by atoms with Gasteiger partial charge in [-0.25, -0.2) is 13.8 Å². The van der Waals surface area contributed by atoms with E-state index in [0.29, 0.717) is 17.9 Å². The van der Waals surface area contributed by atoms with Gasteiger partial charge in [-0.05, 0) is 31.2 Å². The summed E-state index contributed by atoms with van der Waals surface area (Å²) in [5.74, 6) is -2.60. The Kier molecular flexibility index (Phi) is 5.12. The fourth-order valence-electron chi connectivity index (χ4n) is 2.96. The van der Waals surface area contributed by atoms with E-state index in [-0.39, 0.29) is 18.0 Å². The smallest absolute Gasteiger partial charge is 0.270 e. The highest BCUT2D eigenvalue weighted by atomic mass is 19.3. The molecular weight excluding hydrogens is 352 g/mol. The lowest BCUT2D eigenvalue weighted by atomic mass is 10.1. The number of carbonyl (C=O) groups excluding carboxylic acids is 1. The molecule has 142 valence electrons. The molecule has 0 bridgehead atoms. The molecule has 5 nitrogen and oxygen atoms in total. The SMILES string of the molecule is CCOc1ccc2ncn(C)c2c1CNC(=O)c1ccc(C(C)(F)F)cc1. The number of amides is 1. The molecule has 0 fully saturated rings. The van der Waals surface area contributed by atoms with Crippen molar-refractivity contribution in [2.24, 2.45) is 7.05 Å². The Morgan fingerprint density at radius 1 is 1.22 bits per heavy atom. The van der Waals surface area contributed by atoms with Gasteiger partial charge in [0.05, 0.1) is 24.0 Å². The molecule has 1 aromatic heterocycles. The summed E-state index contributed by atoms with van der Waals surface area (Å²) in [6.07, 6.45) is 1.70. The summed E-state index contributed by atoms with van der Waals surface area (Å²) in [6.45, 7) is 3.44. The molecule has 0 saturated carbocycles. The third-order valence-corrected chi connectivity index (χ3v) is 4.32. The van der Waals surface area contributed by atoms with E-state index < -0.39 is 5.92 Å². The zero-order valence-corrected chi connectivity index (χ0v) is 15.4. The van der Waals surface area contributed by atoms with Gasteiger partial charge in [-0.3, -0.25) is 4.79 Å². The van der Waals surface area contributed by atoms with Gasteiger partial charge in [0.2, 0.25) is 0 Å². The number of carbonyl (C=O) groups is 1. The maximum Gasteiger partial charge on any atom is 0.270 e. The predicted molar refractivity (Wildman–Crippen MR) is 99.1 cm³/mol. The summed E-state index contributed by atoms with van der Waals surface area (Å²) in [7, 11) is 1.88. The van der Waals surface area contributed by atoms with Crippen molar-refractivity contribution in [3.8, 4) is 5.75 Å². The molecule has 1 heterocycles. The van der Waals surface area contributed by atoms with Gasteiger partial charge in [-0.1, -0.05) is 12.1 Å². The van der Waals surface area contributed by atoms with Crippen molar-refractivity contribution in [1.29, 1.82) is 0 Å². The van der Waals surface area contributed by atoms with E-state index in [4.69, 9.17) is 4.74 Å². The average Bonchev–Trinajstić information content (AvgIpc) is 3.01. The predicted octanol–water partition coefficient (Wildman–Crippen LogP) is 4.01. The number of hydrogen-bond acceptors (Lipinski definition) is 3. The monoisotopic (exact) mass is 373 g/mol. The minimum atomic E-state index is -2.93. The van der Waals surface area contributed by atoms with Gasteiger partial charge in [0.15, 0.2) is 0 Å². The van der Waals surface area contributed by atoms with E-state index in [1.165, 1.54) is 24.3 Å². The van der Waals surface area contributed by atoms with E-state index in [0.717, 1.165) is 23.5 Å². The highest BCUT2D eigenvalue weighted by Crippen LogP contribution is 2.28. The number of nitrogens with one attached hydrogen (secondary N) is 1. The largest absolute Gasteiger partial charge is 0.493 e. The van der Waals surface area contributed by atoms with Crippen LogP contribution in [0.4, 0.5) is 8.78 Å². The number of nitrogens with zero attached hydrogens (tertiary/aromatic N) is 2. The number of hydrogen-bond donors (Lipinski definition) is 1. The number of benzene rings is 2. The second kappa shape index (κ2) is 7.34. The molecule has 0 spiro atoms. The third kappa shape index (κ3) is 3.92. The molecule has 1 amide bonds. The van der Waals surface area contributed by atoms with Crippen molar-refractivity contribution < 1.29 is 18.3 Å². The maximum absolute atomic E-state index is 13.3. The van der Waals surface area contributed by atoms with Crippen molar-refractivity contribution in [2.75, 3.05) is 6.61 Å². The quantitative estimate of drug-likeness (QED) is 0.710. The van der Waals surface area contributed by atoms with Crippen LogP contribution in [0.3, 0.4) is 0 Å². The maximum atomic E-state index is 13.3. The van der Waals surface area contributed by atoms with Crippen molar-refractivity contribution in [2.45, 2.75) is 26.3 Å². The lowest BCUT2D eigenvalue weighted by Gasteiger charge is -2.14. The topological polar surface area (TPSA) is 56.1 Å². The lowest BCUT2D eigenvalue weighted by molar-refractivity contribution is 0.0174. The molecule has 27 heavy (non-hydrogen) atoms. The van der Waals surface area contributed by atoms with Crippen LogP contribution in [-0.4, -0.2) is 22.1 Å². The second-order valence-corrected chi connectivity index (χ2v) is 6.35. The molecular formula is C20H21F2N3O2. The number of aryl methyl sites for hydroxylation is 1. The molecule has 0 aliphatic carbocycles. The molecule has 0 saturated heterocycles. The highest BCUT2D eigenvalue weighted by molar-refractivity contribution is 5.94. The fourth-order valence-corrected chi connectivity index (χ4v) is 2.96. The minimum absolute atomic E-state index is 0.127. The van der Waals surface area contributed by atoms with E-state index in [9.17, 15) is 13.6 Å². The van der Waals surface area contributed by atoms with Crippen molar-refractivity contribution >= 4 is 16.9 Å². The van der Waals surface area contributed by atoms with Crippen LogP contribution in [0.15, 0.2) is 42.7 Å². The van der Waals surface area contributed by atoms with E-state index >= 15 is 0 Å². The van der Waals surface area contributed by atoms with Crippen LogP contribution >= 0.6 is 0 Å². The number of alkyl halides is 2. The standard InChI is InChI=1S/C20H21F2N3O2/c1-4-27-17-10-9-16-18(25(3)12-24-16)15(17)11-23-19(26)13-5-7-14(8-6-13)20(2,21)22/h5-10,12H,4,11H2,1-3H3,(H,23,26). The zero-order chi connectivity index (χ0) is 19.6. The number of imidazole rings is 1.